The fraction of sp³-hybridized carbons (Fsp3) is 0.350. The van der Waals surface area contributed by atoms with Gasteiger partial charge in [-0.15, -0.1) is 0 Å². The smallest absolute Gasteiger partial charge is 0.408 e. The number of amides is 1. The summed E-state index contributed by atoms with van der Waals surface area (Å²) in [4.78, 5) is 12.1. The Labute approximate surface area is 143 Å². The lowest BCUT2D eigenvalue weighted by Crippen LogP contribution is -2.36. The van der Waals surface area contributed by atoms with Crippen molar-refractivity contribution in [3.05, 3.63) is 71.8 Å². The molecule has 1 N–H and O–H groups in total. The number of carbonyl (C=O) groups excluding carboxylic acids is 1. The van der Waals surface area contributed by atoms with Crippen LogP contribution in [0.25, 0.3) is 0 Å². The first kappa shape index (κ1) is 18.0. The van der Waals surface area contributed by atoms with E-state index in [1.165, 1.54) is 0 Å². The molecule has 0 fully saturated rings. The molecule has 0 aromatic heterocycles. The van der Waals surface area contributed by atoms with Crippen molar-refractivity contribution in [2.24, 2.45) is 0 Å². The molecule has 2 rings (SSSR count). The van der Waals surface area contributed by atoms with Crippen molar-refractivity contribution in [2.75, 3.05) is 6.61 Å². The van der Waals surface area contributed by atoms with Gasteiger partial charge in [-0.3, -0.25) is 0 Å². The summed E-state index contributed by atoms with van der Waals surface area (Å²) in [5.74, 6) is 0. The predicted molar refractivity (Wildman–Crippen MR) is 94.7 cm³/mol. The molecule has 0 unspecified atom stereocenters. The van der Waals surface area contributed by atoms with Crippen molar-refractivity contribution >= 4 is 6.09 Å². The lowest BCUT2D eigenvalue weighted by Gasteiger charge is -2.24. The summed E-state index contributed by atoms with van der Waals surface area (Å²) in [5, 5.41) is 2.89. The number of nitrogens with one attached hydrogen (secondary N) is 1. The summed E-state index contributed by atoms with van der Waals surface area (Å²) in [7, 11) is 0. The Morgan fingerprint density at radius 3 is 2.17 bits per heavy atom. The summed E-state index contributed by atoms with van der Waals surface area (Å²) in [6, 6.07) is 19.5. The molecule has 0 saturated heterocycles. The quantitative estimate of drug-likeness (QED) is 0.851. The zero-order valence-electron chi connectivity index (χ0n) is 14.5. The number of ether oxygens (including phenoxy) is 2. The van der Waals surface area contributed by atoms with E-state index >= 15 is 0 Å². The number of carbonyl (C=O) groups is 1. The molecule has 0 aliphatic carbocycles. The van der Waals surface area contributed by atoms with Gasteiger partial charge in [0.2, 0.25) is 0 Å². The number of benzene rings is 2. The maximum Gasteiger partial charge on any atom is 0.408 e. The third-order valence-electron chi connectivity index (χ3n) is 3.29. The van der Waals surface area contributed by atoms with E-state index in [-0.39, 0.29) is 6.04 Å². The molecule has 0 heterocycles. The van der Waals surface area contributed by atoms with Gasteiger partial charge >= 0.3 is 6.09 Å². The van der Waals surface area contributed by atoms with E-state index in [2.05, 4.69) is 5.32 Å². The fourth-order valence-electron chi connectivity index (χ4n) is 2.23. The average Bonchev–Trinajstić information content (AvgIpc) is 2.54. The van der Waals surface area contributed by atoms with Crippen molar-refractivity contribution in [3.63, 3.8) is 0 Å². The van der Waals surface area contributed by atoms with E-state index < -0.39 is 11.7 Å². The van der Waals surface area contributed by atoms with Gasteiger partial charge in [0.05, 0.1) is 19.3 Å². The SMILES string of the molecule is CC(C)(C)OC(=O)N[C@@H](COCc1ccccc1)c1ccccc1. The van der Waals surface area contributed by atoms with Gasteiger partial charge in [0.1, 0.15) is 5.60 Å². The third kappa shape index (κ3) is 6.42. The van der Waals surface area contributed by atoms with Crippen LogP contribution in [0, 0.1) is 0 Å². The standard InChI is InChI=1S/C20H25NO3/c1-20(2,3)24-19(22)21-18(17-12-8-5-9-13-17)15-23-14-16-10-6-4-7-11-16/h4-13,18H,14-15H2,1-3H3,(H,21,22)/t18-/m0/s1. The van der Waals surface area contributed by atoms with E-state index in [9.17, 15) is 4.79 Å². The summed E-state index contributed by atoms with van der Waals surface area (Å²) in [6.45, 7) is 6.40. The zero-order valence-corrected chi connectivity index (χ0v) is 14.5. The maximum atomic E-state index is 12.1. The molecule has 0 radical (unpaired) electrons. The Balaban J connectivity index is 1.97. The number of rotatable bonds is 6. The fourth-order valence-corrected chi connectivity index (χ4v) is 2.23. The minimum Gasteiger partial charge on any atom is -0.444 e. The monoisotopic (exact) mass is 327 g/mol. The van der Waals surface area contributed by atoms with E-state index in [4.69, 9.17) is 9.47 Å². The van der Waals surface area contributed by atoms with Crippen LogP contribution < -0.4 is 5.32 Å². The lowest BCUT2D eigenvalue weighted by atomic mass is 10.1. The van der Waals surface area contributed by atoms with E-state index in [1.54, 1.807) is 0 Å². The Hall–Kier alpha value is -2.33. The van der Waals surface area contributed by atoms with Gasteiger partial charge in [0.25, 0.3) is 0 Å². The molecule has 0 bridgehead atoms. The van der Waals surface area contributed by atoms with E-state index in [0.29, 0.717) is 13.2 Å². The largest absolute Gasteiger partial charge is 0.444 e. The Kier molecular flexibility index (Phi) is 6.38. The molecule has 0 spiro atoms. The molecule has 0 aliphatic heterocycles. The van der Waals surface area contributed by atoms with Crippen molar-refractivity contribution < 1.29 is 14.3 Å². The molecular weight excluding hydrogens is 302 g/mol. The third-order valence-corrected chi connectivity index (χ3v) is 3.29. The Morgan fingerprint density at radius 2 is 1.58 bits per heavy atom. The van der Waals surface area contributed by atoms with Gasteiger partial charge < -0.3 is 14.8 Å². The molecular formula is C20H25NO3. The molecule has 0 saturated carbocycles. The normalized spacial score (nSPS) is 12.5. The topological polar surface area (TPSA) is 47.6 Å². The van der Waals surface area contributed by atoms with Crippen LogP contribution in [-0.4, -0.2) is 18.3 Å². The minimum absolute atomic E-state index is 0.259. The van der Waals surface area contributed by atoms with Crippen LogP contribution in [0.15, 0.2) is 60.7 Å². The van der Waals surface area contributed by atoms with Gasteiger partial charge in [0, 0.05) is 0 Å². The van der Waals surface area contributed by atoms with Crippen LogP contribution in [0.4, 0.5) is 4.79 Å². The van der Waals surface area contributed by atoms with Crippen molar-refractivity contribution in [1.82, 2.24) is 5.32 Å². The summed E-state index contributed by atoms with van der Waals surface area (Å²) >= 11 is 0. The molecule has 0 aliphatic rings. The van der Waals surface area contributed by atoms with Crippen molar-refractivity contribution in [3.8, 4) is 0 Å². The molecule has 1 amide bonds. The maximum absolute atomic E-state index is 12.1. The average molecular weight is 327 g/mol. The second-order valence-corrected chi connectivity index (χ2v) is 6.61. The Morgan fingerprint density at radius 1 is 1.00 bits per heavy atom. The highest BCUT2D eigenvalue weighted by Gasteiger charge is 2.20. The van der Waals surface area contributed by atoms with E-state index in [0.717, 1.165) is 11.1 Å². The summed E-state index contributed by atoms with van der Waals surface area (Å²) in [6.07, 6.45) is -0.445. The summed E-state index contributed by atoms with van der Waals surface area (Å²) < 4.78 is 11.1. The number of hydrogen-bond donors (Lipinski definition) is 1. The second kappa shape index (κ2) is 8.50. The van der Waals surface area contributed by atoms with Gasteiger partial charge in [-0.1, -0.05) is 60.7 Å². The molecule has 2 aromatic rings. The minimum atomic E-state index is -0.532. The van der Waals surface area contributed by atoms with Crippen LogP contribution in [0.3, 0.4) is 0 Å². The highest BCUT2D eigenvalue weighted by Crippen LogP contribution is 2.16. The predicted octanol–water partition coefficient (Wildman–Crippen LogP) is 4.47. The first-order valence-electron chi connectivity index (χ1n) is 8.10. The highest BCUT2D eigenvalue weighted by molar-refractivity contribution is 5.68. The van der Waals surface area contributed by atoms with Crippen molar-refractivity contribution in [1.29, 1.82) is 0 Å². The van der Waals surface area contributed by atoms with Crippen LogP contribution in [0.2, 0.25) is 0 Å². The molecule has 4 nitrogen and oxygen atoms in total. The van der Waals surface area contributed by atoms with Crippen LogP contribution in [0.5, 0.6) is 0 Å². The first-order valence-corrected chi connectivity index (χ1v) is 8.10. The molecule has 1 atom stereocenters. The van der Waals surface area contributed by atoms with Crippen LogP contribution >= 0.6 is 0 Å². The highest BCUT2D eigenvalue weighted by atomic mass is 16.6. The molecule has 4 heteroatoms. The van der Waals surface area contributed by atoms with E-state index in [1.807, 2.05) is 81.4 Å². The van der Waals surface area contributed by atoms with Gasteiger partial charge in [0.15, 0.2) is 0 Å². The number of hydrogen-bond acceptors (Lipinski definition) is 3. The zero-order chi connectivity index (χ0) is 17.4. The van der Waals surface area contributed by atoms with Gasteiger partial charge in [-0.25, -0.2) is 4.79 Å². The summed E-state index contributed by atoms with van der Waals surface area (Å²) in [5.41, 5.74) is 1.55. The van der Waals surface area contributed by atoms with Gasteiger partial charge in [-0.05, 0) is 31.9 Å². The molecule has 128 valence electrons. The van der Waals surface area contributed by atoms with Crippen LogP contribution in [-0.2, 0) is 16.1 Å². The number of alkyl carbamates (subject to hydrolysis) is 1. The molecule has 24 heavy (non-hydrogen) atoms. The van der Waals surface area contributed by atoms with Crippen molar-refractivity contribution in [2.45, 2.75) is 39.0 Å². The second-order valence-electron chi connectivity index (χ2n) is 6.61. The lowest BCUT2D eigenvalue weighted by molar-refractivity contribution is 0.0427. The molecule has 2 aromatic carbocycles. The van der Waals surface area contributed by atoms with Crippen LogP contribution in [0.1, 0.15) is 37.9 Å². The Bertz CT molecular complexity index is 620. The van der Waals surface area contributed by atoms with Gasteiger partial charge in [-0.2, -0.15) is 0 Å². The first-order chi connectivity index (χ1) is 11.4.